The summed E-state index contributed by atoms with van der Waals surface area (Å²) >= 11 is 0. The molecule has 0 unspecified atom stereocenters. The van der Waals surface area contributed by atoms with E-state index in [0.29, 0.717) is 24.0 Å². The Morgan fingerprint density at radius 3 is 2.55 bits per heavy atom. The standard InChI is InChI=1S/C23H25F3N4O/c1-14(16-4-3-5-17(21(16)24)22(25)26)28-20-13-27-29-19-7-6-15(12-18(19)20)30-10-8-23(2,31)9-11-30/h3-7,12-14,22,31H,8-11H2,1-2H3,(H,28,29)/t14-/m1/s1. The quantitative estimate of drug-likeness (QED) is 0.580. The van der Waals surface area contributed by atoms with E-state index in [-0.39, 0.29) is 5.56 Å². The van der Waals surface area contributed by atoms with Crippen molar-refractivity contribution in [2.75, 3.05) is 23.3 Å². The highest BCUT2D eigenvalue weighted by molar-refractivity contribution is 5.93. The van der Waals surface area contributed by atoms with Gasteiger partial charge in [-0.2, -0.15) is 10.2 Å². The van der Waals surface area contributed by atoms with Gasteiger partial charge in [0.2, 0.25) is 0 Å². The lowest BCUT2D eigenvalue weighted by molar-refractivity contribution is 0.0351. The summed E-state index contributed by atoms with van der Waals surface area (Å²) in [6.07, 6.45) is 0.0464. The molecule has 2 N–H and O–H groups in total. The van der Waals surface area contributed by atoms with Crippen molar-refractivity contribution in [3.63, 3.8) is 0 Å². The summed E-state index contributed by atoms with van der Waals surface area (Å²) in [5.74, 6) is -0.898. The number of nitrogens with one attached hydrogen (secondary N) is 1. The van der Waals surface area contributed by atoms with E-state index in [4.69, 9.17) is 0 Å². The molecule has 0 aliphatic carbocycles. The second-order valence-electron chi connectivity index (χ2n) is 8.36. The molecule has 0 amide bonds. The second kappa shape index (κ2) is 8.34. The average molecular weight is 430 g/mol. The van der Waals surface area contributed by atoms with Gasteiger partial charge in [0.25, 0.3) is 6.43 Å². The Morgan fingerprint density at radius 1 is 1.13 bits per heavy atom. The predicted molar refractivity (Wildman–Crippen MR) is 115 cm³/mol. The highest BCUT2D eigenvalue weighted by Crippen LogP contribution is 2.33. The van der Waals surface area contributed by atoms with E-state index in [0.717, 1.165) is 30.2 Å². The van der Waals surface area contributed by atoms with Crippen LogP contribution in [0.1, 0.15) is 50.3 Å². The summed E-state index contributed by atoms with van der Waals surface area (Å²) in [7, 11) is 0. The number of aliphatic hydroxyl groups is 1. The number of aromatic nitrogens is 2. The maximum atomic E-state index is 14.6. The zero-order valence-electron chi connectivity index (χ0n) is 17.4. The lowest BCUT2D eigenvalue weighted by Crippen LogP contribution is -2.42. The first kappa shape index (κ1) is 21.4. The average Bonchev–Trinajstić information content (AvgIpc) is 2.73. The normalized spacial score (nSPS) is 17.2. The SMILES string of the molecule is C[C@@H](Nc1cnnc2ccc(N3CCC(C)(O)CC3)cc12)c1cccc(C(F)F)c1F. The number of benzene rings is 2. The second-order valence-corrected chi connectivity index (χ2v) is 8.36. The van der Waals surface area contributed by atoms with E-state index < -0.39 is 29.4 Å². The molecule has 0 bridgehead atoms. The minimum atomic E-state index is -2.87. The van der Waals surface area contributed by atoms with Crippen LogP contribution < -0.4 is 10.2 Å². The molecular weight excluding hydrogens is 405 g/mol. The van der Waals surface area contributed by atoms with E-state index in [1.165, 1.54) is 12.1 Å². The van der Waals surface area contributed by atoms with E-state index >= 15 is 0 Å². The molecule has 1 fully saturated rings. The van der Waals surface area contributed by atoms with Crippen LogP contribution in [0.2, 0.25) is 0 Å². The monoisotopic (exact) mass is 430 g/mol. The number of fused-ring (bicyclic) bond motifs is 1. The van der Waals surface area contributed by atoms with E-state index in [9.17, 15) is 18.3 Å². The van der Waals surface area contributed by atoms with Crippen molar-refractivity contribution in [2.45, 2.75) is 44.8 Å². The minimum absolute atomic E-state index is 0.164. The number of rotatable bonds is 5. The number of nitrogens with zero attached hydrogens (tertiary/aromatic N) is 3. The zero-order valence-corrected chi connectivity index (χ0v) is 17.4. The van der Waals surface area contributed by atoms with Gasteiger partial charge in [0.05, 0.1) is 34.6 Å². The Hall–Kier alpha value is -2.87. The van der Waals surface area contributed by atoms with Gasteiger partial charge in [-0.05, 0) is 44.9 Å². The van der Waals surface area contributed by atoms with E-state index in [1.54, 1.807) is 13.1 Å². The molecule has 1 aliphatic rings. The Bertz CT molecular complexity index is 1080. The molecule has 8 heteroatoms. The third-order valence-electron chi connectivity index (χ3n) is 5.96. The number of halogens is 3. The molecule has 5 nitrogen and oxygen atoms in total. The van der Waals surface area contributed by atoms with Crippen molar-refractivity contribution >= 4 is 22.3 Å². The first-order valence-corrected chi connectivity index (χ1v) is 10.3. The van der Waals surface area contributed by atoms with Gasteiger partial charge in [-0.15, -0.1) is 0 Å². The van der Waals surface area contributed by atoms with Gasteiger partial charge in [0.1, 0.15) is 5.82 Å². The Balaban J connectivity index is 1.63. The van der Waals surface area contributed by atoms with Crippen molar-refractivity contribution in [3.8, 4) is 0 Å². The molecule has 0 spiro atoms. The Labute approximate surface area is 178 Å². The molecule has 4 rings (SSSR count). The van der Waals surface area contributed by atoms with Crippen molar-refractivity contribution in [1.82, 2.24) is 10.2 Å². The van der Waals surface area contributed by atoms with Crippen molar-refractivity contribution < 1.29 is 18.3 Å². The third-order valence-corrected chi connectivity index (χ3v) is 5.96. The lowest BCUT2D eigenvalue weighted by atomic mass is 9.93. The van der Waals surface area contributed by atoms with Crippen LogP contribution in [-0.2, 0) is 0 Å². The first-order chi connectivity index (χ1) is 14.7. The van der Waals surface area contributed by atoms with Crippen LogP contribution in [-0.4, -0.2) is 34.0 Å². The van der Waals surface area contributed by atoms with Crippen molar-refractivity contribution in [1.29, 1.82) is 0 Å². The summed E-state index contributed by atoms with van der Waals surface area (Å²) in [6, 6.07) is 9.31. The summed E-state index contributed by atoms with van der Waals surface area (Å²) in [4.78, 5) is 2.21. The molecule has 164 valence electrons. The minimum Gasteiger partial charge on any atom is -0.390 e. The smallest absolute Gasteiger partial charge is 0.266 e. The fraction of sp³-hybridized carbons (Fsp3) is 0.391. The number of piperidine rings is 1. The van der Waals surface area contributed by atoms with Crippen LogP contribution >= 0.6 is 0 Å². The van der Waals surface area contributed by atoms with E-state index in [2.05, 4.69) is 20.4 Å². The molecular formula is C23H25F3N4O. The van der Waals surface area contributed by atoms with Crippen LogP contribution in [0.5, 0.6) is 0 Å². The molecule has 0 radical (unpaired) electrons. The number of alkyl halides is 2. The number of hydrogen-bond acceptors (Lipinski definition) is 5. The van der Waals surface area contributed by atoms with Crippen LogP contribution in [0.3, 0.4) is 0 Å². The topological polar surface area (TPSA) is 61.3 Å². The van der Waals surface area contributed by atoms with Gasteiger partial charge in [0.15, 0.2) is 0 Å². The van der Waals surface area contributed by atoms with E-state index in [1.807, 2.05) is 25.1 Å². The van der Waals surface area contributed by atoms with Gasteiger partial charge >= 0.3 is 0 Å². The highest BCUT2D eigenvalue weighted by Gasteiger charge is 2.27. The third kappa shape index (κ3) is 4.44. The zero-order chi connectivity index (χ0) is 22.2. The highest BCUT2D eigenvalue weighted by atomic mass is 19.3. The molecule has 2 aromatic carbocycles. The molecule has 1 aliphatic heterocycles. The van der Waals surface area contributed by atoms with Gasteiger partial charge in [-0.1, -0.05) is 18.2 Å². The van der Waals surface area contributed by atoms with Crippen molar-refractivity contribution in [2.24, 2.45) is 0 Å². The van der Waals surface area contributed by atoms with Crippen LogP contribution in [0.15, 0.2) is 42.6 Å². The largest absolute Gasteiger partial charge is 0.390 e. The molecule has 31 heavy (non-hydrogen) atoms. The maximum Gasteiger partial charge on any atom is 0.266 e. The molecule has 0 saturated carbocycles. The Kier molecular flexibility index (Phi) is 5.75. The summed E-state index contributed by atoms with van der Waals surface area (Å²) < 4.78 is 40.7. The lowest BCUT2D eigenvalue weighted by Gasteiger charge is -2.37. The maximum absolute atomic E-state index is 14.6. The fourth-order valence-electron chi connectivity index (χ4n) is 3.99. The molecule has 3 aromatic rings. The first-order valence-electron chi connectivity index (χ1n) is 10.3. The van der Waals surface area contributed by atoms with Crippen LogP contribution in [0.4, 0.5) is 24.5 Å². The van der Waals surface area contributed by atoms with Gasteiger partial charge in [-0.3, -0.25) is 0 Å². The van der Waals surface area contributed by atoms with Crippen molar-refractivity contribution in [3.05, 3.63) is 59.5 Å². The number of hydrogen-bond donors (Lipinski definition) is 2. The fourth-order valence-corrected chi connectivity index (χ4v) is 3.99. The summed E-state index contributed by atoms with van der Waals surface area (Å²) in [5.41, 5.74) is 1.23. The van der Waals surface area contributed by atoms with Gasteiger partial charge in [-0.25, -0.2) is 13.2 Å². The van der Waals surface area contributed by atoms with Gasteiger partial charge < -0.3 is 15.3 Å². The van der Waals surface area contributed by atoms with Gasteiger partial charge in [0, 0.05) is 29.7 Å². The Morgan fingerprint density at radius 2 is 1.84 bits per heavy atom. The van der Waals surface area contributed by atoms with Crippen LogP contribution in [0, 0.1) is 5.82 Å². The molecule has 1 atom stereocenters. The molecule has 1 saturated heterocycles. The number of anilines is 2. The molecule has 2 heterocycles. The summed E-state index contributed by atoms with van der Waals surface area (Å²) in [6.45, 7) is 5.05. The predicted octanol–water partition coefficient (Wildman–Crippen LogP) is 5.23. The van der Waals surface area contributed by atoms with Crippen LogP contribution in [0.25, 0.3) is 10.9 Å². The summed E-state index contributed by atoms with van der Waals surface area (Å²) in [5, 5.41) is 22.4. The molecule has 1 aromatic heterocycles.